The lowest BCUT2D eigenvalue weighted by molar-refractivity contribution is -0.123. The molecule has 1 atom stereocenters. The molecule has 0 bridgehead atoms. The number of hydrogen-bond acceptors (Lipinski definition) is 3. The fourth-order valence-corrected chi connectivity index (χ4v) is 1.80. The molecule has 1 aromatic carbocycles. The molecule has 0 fully saturated rings. The number of carbonyl (C=O) groups is 1. The summed E-state index contributed by atoms with van der Waals surface area (Å²) in [5, 5.41) is 8.85. The van der Waals surface area contributed by atoms with Crippen molar-refractivity contribution in [3.63, 3.8) is 0 Å². The number of nitrogens with zero attached hydrogens (tertiary/aromatic N) is 1. The van der Waals surface area contributed by atoms with Crippen molar-refractivity contribution in [3.05, 3.63) is 28.8 Å². The predicted octanol–water partition coefficient (Wildman–Crippen LogP) is 2.92. The van der Waals surface area contributed by atoms with Gasteiger partial charge in [0.15, 0.2) is 11.9 Å². The van der Waals surface area contributed by atoms with Crippen molar-refractivity contribution in [3.8, 4) is 11.8 Å². The quantitative estimate of drug-likeness (QED) is 0.800. The van der Waals surface area contributed by atoms with E-state index in [2.05, 4.69) is 6.07 Å². The lowest BCUT2D eigenvalue weighted by atomic mass is 10.1. The predicted molar refractivity (Wildman–Crippen MR) is 66.0 cm³/mol. The van der Waals surface area contributed by atoms with Crippen molar-refractivity contribution in [1.82, 2.24) is 0 Å². The maximum Gasteiger partial charge on any atom is 0.170 e. The van der Waals surface area contributed by atoms with Gasteiger partial charge in [0.05, 0.1) is 11.6 Å². The molecule has 0 radical (unpaired) electrons. The van der Waals surface area contributed by atoms with E-state index < -0.39 is 6.10 Å². The molecule has 17 heavy (non-hydrogen) atoms. The van der Waals surface area contributed by atoms with Gasteiger partial charge < -0.3 is 4.74 Å². The van der Waals surface area contributed by atoms with Gasteiger partial charge >= 0.3 is 0 Å². The summed E-state index contributed by atoms with van der Waals surface area (Å²) in [7, 11) is 0. The molecule has 3 heteroatoms. The van der Waals surface area contributed by atoms with E-state index in [1.165, 1.54) is 6.92 Å². The van der Waals surface area contributed by atoms with Crippen molar-refractivity contribution in [2.75, 3.05) is 0 Å². The van der Waals surface area contributed by atoms with Crippen LogP contribution in [0.3, 0.4) is 0 Å². The van der Waals surface area contributed by atoms with Crippen molar-refractivity contribution in [1.29, 1.82) is 5.26 Å². The van der Waals surface area contributed by atoms with Crippen LogP contribution in [-0.4, -0.2) is 11.9 Å². The second kappa shape index (κ2) is 5.49. The highest BCUT2D eigenvalue weighted by molar-refractivity contribution is 5.80. The summed E-state index contributed by atoms with van der Waals surface area (Å²) in [5.74, 6) is 0.738. The van der Waals surface area contributed by atoms with E-state index in [1.54, 1.807) is 12.1 Å². The van der Waals surface area contributed by atoms with Crippen LogP contribution in [0.5, 0.6) is 5.75 Å². The van der Waals surface area contributed by atoms with Crippen LogP contribution in [0.4, 0.5) is 0 Å². The zero-order chi connectivity index (χ0) is 13.0. The van der Waals surface area contributed by atoms with Gasteiger partial charge in [-0.25, -0.2) is 0 Å². The molecule has 0 aliphatic heterocycles. The van der Waals surface area contributed by atoms with Crippen LogP contribution in [0.2, 0.25) is 0 Å². The summed E-state index contributed by atoms with van der Waals surface area (Å²) >= 11 is 0. The number of ketones is 1. The molecule has 0 aliphatic rings. The van der Waals surface area contributed by atoms with E-state index in [-0.39, 0.29) is 5.78 Å². The Hall–Kier alpha value is -1.82. The smallest absolute Gasteiger partial charge is 0.170 e. The third-order valence-corrected chi connectivity index (χ3v) is 2.67. The van der Waals surface area contributed by atoms with Crippen molar-refractivity contribution in [2.45, 2.75) is 40.2 Å². The van der Waals surface area contributed by atoms with E-state index in [9.17, 15) is 4.79 Å². The van der Waals surface area contributed by atoms with E-state index >= 15 is 0 Å². The molecule has 1 aromatic rings. The van der Waals surface area contributed by atoms with Gasteiger partial charge in [-0.3, -0.25) is 4.79 Å². The van der Waals surface area contributed by atoms with Gasteiger partial charge in [-0.1, -0.05) is 6.92 Å². The second-order valence-electron chi connectivity index (χ2n) is 4.18. The number of benzene rings is 1. The van der Waals surface area contributed by atoms with Gasteiger partial charge in [-0.2, -0.15) is 5.26 Å². The standard InChI is InChI=1S/C14H17NO2/c1-5-13(11(4)16)17-14-9(2)6-12(8-15)7-10(14)3/h6-7,13H,5H2,1-4H3. The van der Waals surface area contributed by atoms with Crippen molar-refractivity contribution >= 4 is 5.78 Å². The Morgan fingerprint density at radius 1 is 1.41 bits per heavy atom. The average molecular weight is 231 g/mol. The average Bonchev–Trinajstić information content (AvgIpc) is 2.27. The van der Waals surface area contributed by atoms with Crippen LogP contribution in [0.25, 0.3) is 0 Å². The van der Waals surface area contributed by atoms with E-state index in [1.807, 2.05) is 20.8 Å². The number of ether oxygens (including phenoxy) is 1. The molecule has 0 saturated heterocycles. The zero-order valence-electron chi connectivity index (χ0n) is 10.7. The van der Waals surface area contributed by atoms with Crippen LogP contribution >= 0.6 is 0 Å². The second-order valence-corrected chi connectivity index (χ2v) is 4.18. The molecule has 1 unspecified atom stereocenters. The third kappa shape index (κ3) is 3.07. The molecule has 0 amide bonds. The fourth-order valence-electron chi connectivity index (χ4n) is 1.80. The Morgan fingerprint density at radius 2 is 1.94 bits per heavy atom. The summed E-state index contributed by atoms with van der Waals surface area (Å²) in [6.07, 6.45) is 0.245. The summed E-state index contributed by atoms with van der Waals surface area (Å²) in [6.45, 7) is 7.22. The third-order valence-electron chi connectivity index (χ3n) is 2.67. The van der Waals surface area contributed by atoms with Gasteiger partial charge in [-0.15, -0.1) is 0 Å². The zero-order valence-corrected chi connectivity index (χ0v) is 10.7. The molecule has 90 valence electrons. The SMILES string of the molecule is CCC(Oc1c(C)cc(C#N)cc1C)C(C)=O. The normalized spacial score (nSPS) is 11.7. The Morgan fingerprint density at radius 3 is 2.29 bits per heavy atom. The van der Waals surface area contributed by atoms with Crippen LogP contribution in [0.1, 0.15) is 37.0 Å². The first-order chi connectivity index (χ1) is 7.99. The number of rotatable bonds is 4. The summed E-state index contributed by atoms with van der Waals surface area (Å²) in [5.41, 5.74) is 2.39. The Kier molecular flexibility index (Phi) is 4.28. The van der Waals surface area contributed by atoms with Gasteiger partial charge in [0.25, 0.3) is 0 Å². The van der Waals surface area contributed by atoms with Gasteiger partial charge in [0.1, 0.15) is 5.75 Å². The summed E-state index contributed by atoms with van der Waals surface area (Å²) in [6, 6.07) is 5.65. The number of Topliss-reactive ketones (excluding diaryl/α,β-unsaturated/α-hetero) is 1. The number of hydrogen-bond donors (Lipinski definition) is 0. The lowest BCUT2D eigenvalue weighted by Crippen LogP contribution is -2.24. The topological polar surface area (TPSA) is 50.1 Å². The molecule has 3 nitrogen and oxygen atoms in total. The first-order valence-corrected chi connectivity index (χ1v) is 5.68. The minimum Gasteiger partial charge on any atom is -0.482 e. The Balaban J connectivity index is 3.07. The van der Waals surface area contributed by atoms with Crippen LogP contribution in [0.15, 0.2) is 12.1 Å². The molecule has 1 rings (SSSR count). The molecule has 0 heterocycles. The lowest BCUT2D eigenvalue weighted by Gasteiger charge is -2.18. The van der Waals surface area contributed by atoms with Crippen LogP contribution in [-0.2, 0) is 4.79 Å². The van der Waals surface area contributed by atoms with E-state index in [0.29, 0.717) is 17.7 Å². The Labute approximate surface area is 102 Å². The Bertz CT molecular complexity index is 449. The van der Waals surface area contributed by atoms with Gasteiger partial charge in [0, 0.05) is 0 Å². The summed E-state index contributed by atoms with van der Waals surface area (Å²) < 4.78 is 5.73. The highest BCUT2D eigenvalue weighted by Gasteiger charge is 2.16. The molecular formula is C14H17NO2. The molecular weight excluding hydrogens is 214 g/mol. The highest BCUT2D eigenvalue weighted by Crippen LogP contribution is 2.26. The minimum absolute atomic E-state index is 0.0238. The monoisotopic (exact) mass is 231 g/mol. The number of aryl methyl sites for hydroxylation is 2. The van der Waals surface area contributed by atoms with Crippen LogP contribution in [0, 0.1) is 25.2 Å². The molecule has 0 spiro atoms. The first kappa shape index (κ1) is 13.2. The molecule has 0 saturated carbocycles. The maximum absolute atomic E-state index is 11.3. The van der Waals surface area contributed by atoms with Crippen LogP contribution < -0.4 is 4.74 Å². The van der Waals surface area contributed by atoms with E-state index in [0.717, 1.165) is 11.1 Å². The molecule has 0 aliphatic carbocycles. The minimum atomic E-state index is -0.402. The van der Waals surface area contributed by atoms with Crippen molar-refractivity contribution < 1.29 is 9.53 Å². The first-order valence-electron chi connectivity index (χ1n) is 5.68. The maximum atomic E-state index is 11.3. The number of carbonyl (C=O) groups excluding carboxylic acids is 1. The van der Waals surface area contributed by atoms with Crippen molar-refractivity contribution in [2.24, 2.45) is 0 Å². The molecule has 0 aromatic heterocycles. The highest BCUT2D eigenvalue weighted by atomic mass is 16.5. The van der Waals surface area contributed by atoms with Gasteiger partial charge in [-0.05, 0) is 50.5 Å². The number of nitriles is 1. The molecule has 0 N–H and O–H groups in total. The fraction of sp³-hybridized carbons (Fsp3) is 0.429. The largest absolute Gasteiger partial charge is 0.482 e. The summed E-state index contributed by atoms with van der Waals surface area (Å²) in [4.78, 5) is 11.3. The van der Waals surface area contributed by atoms with E-state index in [4.69, 9.17) is 10.00 Å². The van der Waals surface area contributed by atoms with Gasteiger partial charge in [0.2, 0.25) is 0 Å².